The van der Waals surface area contributed by atoms with Crippen LogP contribution in [-0.2, 0) is 11.3 Å². The number of likely N-dealkylation sites (tertiary alicyclic amines) is 1. The first-order valence-corrected chi connectivity index (χ1v) is 6.58. The van der Waals surface area contributed by atoms with Gasteiger partial charge in [0, 0.05) is 24.4 Å². The van der Waals surface area contributed by atoms with Gasteiger partial charge in [0.1, 0.15) is 11.8 Å². The van der Waals surface area contributed by atoms with E-state index < -0.39 is 5.97 Å². The maximum Gasteiger partial charge on any atom is 0.320 e. The van der Waals surface area contributed by atoms with Crippen LogP contribution in [0.3, 0.4) is 0 Å². The average molecular weight is 264 g/mol. The average Bonchev–Trinajstić information content (AvgIpc) is 2.38. The van der Waals surface area contributed by atoms with E-state index in [1.54, 1.807) is 7.11 Å². The van der Waals surface area contributed by atoms with Crippen LogP contribution >= 0.6 is 0 Å². The monoisotopic (exact) mass is 264 g/mol. The van der Waals surface area contributed by atoms with Crippen LogP contribution < -0.4 is 4.74 Å². The van der Waals surface area contributed by atoms with E-state index in [2.05, 4.69) is 4.98 Å². The third-order valence-electron chi connectivity index (χ3n) is 3.48. The Kier molecular flexibility index (Phi) is 4.37. The highest BCUT2D eigenvalue weighted by Crippen LogP contribution is 2.21. The van der Waals surface area contributed by atoms with Crippen LogP contribution in [0.5, 0.6) is 5.75 Å². The molecule has 0 spiro atoms. The largest absolute Gasteiger partial charge is 0.497 e. The Balaban J connectivity index is 2.14. The van der Waals surface area contributed by atoms with Crippen LogP contribution in [0.2, 0.25) is 0 Å². The summed E-state index contributed by atoms with van der Waals surface area (Å²) in [5, 5.41) is 9.26. The first kappa shape index (κ1) is 13.8. The van der Waals surface area contributed by atoms with Crippen LogP contribution in [0.15, 0.2) is 12.1 Å². The van der Waals surface area contributed by atoms with Crippen molar-refractivity contribution in [2.45, 2.75) is 38.8 Å². The number of hydrogen-bond acceptors (Lipinski definition) is 4. The molecule has 0 aliphatic carbocycles. The van der Waals surface area contributed by atoms with E-state index in [0.717, 1.165) is 42.9 Å². The Morgan fingerprint density at radius 1 is 1.53 bits per heavy atom. The Hall–Kier alpha value is -1.62. The molecule has 2 heterocycles. The maximum absolute atomic E-state index is 11.3. The van der Waals surface area contributed by atoms with Gasteiger partial charge in [0.05, 0.1) is 12.8 Å². The lowest BCUT2D eigenvalue weighted by molar-refractivity contribution is -0.144. The molecule has 1 atom stereocenters. The van der Waals surface area contributed by atoms with Gasteiger partial charge in [0.15, 0.2) is 0 Å². The minimum atomic E-state index is -0.737. The molecule has 5 heteroatoms. The summed E-state index contributed by atoms with van der Waals surface area (Å²) < 4.78 is 5.22. The number of aromatic nitrogens is 1. The second kappa shape index (κ2) is 6.02. The van der Waals surface area contributed by atoms with Crippen LogP contribution in [0.1, 0.15) is 30.7 Å². The lowest BCUT2D eigenvalue weighted by Crippen LogP contribution is -2.44. The zero-order chi connectivity index (χ0) is 13.8. The summed E-state index contributed by atoms with van der Waals surface area (Å²) >= 11 is 0. The lowest BCUT2D eigenvalue weighted by atomic mass is 10.0. The van der Waals surface area contributed by atoms with E-state index in [1.165, 1.54) is 0 Å². The zero-order valence-electron chi connectivity index (χ0n) is 11.4. The summed E-state index contributed by atoms with van der Waals surface area (Å²) in [6.45, 7) is 3.29. The Labute approximate surface area is 113 Å². The number of aryl methyl sites for hydroxylation is 1. The van der Waals surface area contributed by atoms with E-state index in [-0.39, 0.29) is 6.04 Å². The predicted molar refractivity (Wildman–Crippen MR) is 71.2 cm³/mol. The fraction of sp³-hybridized carbons (Fsp3) is 0.571. The van der Waals surface area contributed by atoms with Gasteiger partial charge in [0.2, 0.25) is 0 Å². The van der Waals surface area contributed by atoms with Crippen LogP contribution in [0, 0.1) is 6.92 Å². The second-order valence-electron chi connectivity index (χ2n) is 4.96. The molecule has 0 aromatic carbocycles. The summed E-state index contributed by atoms with van der Waals surface area (Å²) in [6.07, 6.45) is 2.75. The van der Waals surface area contributed by atoms with Crippen molar-refractivity contribution in [1.29, 1.82) is 0 Å². The molecule has 2 rings (SSSR count). The van der Waals surface area contributed by atoms with Gasteiger partial charge < -0.3 is 9.84 Å². The van der Waals surface area contributed by atoms with E-state index in [0.29, 0.717) is 6.54 Å². The molecule has 1 aliphatic heterocycles. The highest BCUT2D eigenvalue weighted by atomic mass is 16.5. The van der Waals surface area contributed by atoms with E-state index in [9.17, 15) is 9.90 Å². The second-order valence-corrected chi connectivity index (χ2v) is 4.96. The molecule has 104 valence electrons. The molecule has 19 heavy (non-hydrogen) atoms. The van der Waals surface area contributed by atoms with Crippen molar-refractivity contribution in [3.05, 3.63) is 23.5 Å². The number of rotatable bonds is 4. The van der Waals surface area contributed by atoms with Gasteiger partial charge in [-0.3, -0.25) is 14.7 Å². The van der Waals surface area contributed by atoms with Crippen molar-refractivity contribution in [1.82, 2.24) is 9.88 Å². The molecular weight excluding hydrogens is 244 g/mol. The van der Waals surface area contributed by atoms with Gasteiger partial charge in [-0.2, -0.15) is 0 Å². The van der Waals surface area contributed by atoms with E-state index in [1.807, 2.05) is 24.0 Å². The standard InChI is InChI=1S/C14H20N2O3/c1-10-7-12(19-2)8-11(15-10)9-16-6-4-3-5-13(16)14(17)18/h7-8,13H,3-6,9H2,1-2H3,(H,17,18). The summed E-state index contributed by atoms with van der Waals surface area (Å²) in [4.78, 5) is 17.7. The molecule has 1 aromatic rings. The first-order chi connectivity index (χ1) is 9.10. The smallest absolute Gasteiger partial charge is 0.320 e. The number of hydrogen-bond donors (Lipinski definition) is 1. The molecule has 0 amide bonds. The summed E-state index contributed by atoms with van der Waals surface area (Å²) in [7, 11) is 1.62. The van der Waals surface area contributed by atoms with Gasteiger partial charge in [-0.1, -0.05) is 6.42 Å². The van der Waals surface area contributed by atoms with Crippen molar-refractivity contribution >= 4 is 5.97 Å². The topological polar surface area (TPSA) is 62.7 Å². The third kappa shape index (κ3) is 3.44. The van der Waals surface area contributed by atoms with Crippen LogP contribution in [-0.4, -0.2) is 40.7 Å². The molecule has 1 fully saturated rings. The fourth-order valence-corrected chi connectivity index (χ4v) is 2.57. The number of ether oxygens (including phenoxy) is 1. The number of carboxylic acid groups (broad SMARTS) is 1. The van der Waals surface area contributed by atoms with Gasteiger partial charge in [0.25, 0.3) is 0 Å². The molecule has 1 unspecified atom stereocenters. The highest BCUT2D eigenvalue weighted by Gasteiger charge is 2.28. The van der Waals surface area contributed by atoms with Crippen molar-refractivity contribution in [3.63, 3.8) is 0 Å². The van der Waals surface area contributed by atoms with Crippen molar-refractivity contribution in [3.8, 4) is 5.75 Å². The summed E-state index contributed by atoms with van der Waals surface area (Å²) in [6, 6.07) is 3.36. The number of aliphatic carboxylic acids is 1. The number of carboxylic acids is 1. The minimum absolute atomic E-state index is 0.387. The number of carbonyl (C=O) groups is 1. The Morgan fingerprint density at radius 3 is 3.00 bits per heavy atom. The summed E-state index contributed by atoms with van der Waals surface area (Å²) in [5.41, 5.74) is 1.75. The molecule has 1 aliphatic rings. The molecule has 1 aromatic heterocycles. The quantitative estimate of drug-likeness (QED) is 0.899. The molecular formula is C14H20N2O3. The van der Waals surface area contributed by atoms with E-state index in [4.69, 9.17) is 4.74 Å². The van der Waals surface area contributed by atoms with Crippen molar-refractivity contribution < 1.29 is 14.6 Å². The SMILES string of the molecule is COc1cc(C)nc(CN2CCCCC2C(=O)O)c1. The zero-order valence-corrected chi connectivity index (χ0v) is 11.4. The molecule has 0 bridgehead atoms. The van der Waals surface area contributed by atoms with Crippen molar-refractivity contribution in [2.75, 3.05) is 13.7 Å². The van der Waals surface area contributed by atoms with Gasteiger partial charge in [-0.15, -0.1) is 0 Å². The number of methoxy groups -OCH3 is 1. The molecule has 5 nitrogen and oxygen atoms in total. The highest BCUT2D eigenvalue weighted by molar-refractivity contribution is 5.73. The van der Waals surface area contributed by atoms with Crippen LogP contribution in [0.4, 0.5) is 0 Å². The first-order valence-electron chi connectivity index (χ1n) is 6.58. The van der Waals surface area contributed by atoms with Gasteiger partial charge in [-0.25, -0.2) is 0 Å². The molecule has 1 saturated heterocycles. The summed E-state index contributed by atoms with van der Waals surface area (Å²) in [5.74, 6) is 0.0331. The third-order valence-corrected chi connectivity index (χ3v) is 3.48. The van der Waals surface area contributed by atoms with Gasteiger partial charge >= 0.3 is 5.97 Å². The van der Waals surface area contributed by atoms with Gasteiger partial charge in [-0.05, 0) is 26.3 Å². The predicted octanol–water partition coefficient (Wildman–Crippen LogP) is 1.84. The number of piperidine rings is 1. The van der Waals surface area contributed by atoms with E-state index >= 15 is 0 Å². The normalized spacial score (nSPS) is 20.2. The molecule has 0 saturated carbocycles. The Morgan fingerprint density at radius 2 is 2.32 bits per heavy atom. The lowest BCUT2D eigenvalue weighted by Gasteiger charge is -2.32. The number of pyridine rings is 1. The Bertz CT molecular complexity index is 462. The number of nitrogens with zero attached hydrogens (tertiary/aromatic N) is 2. The fourth-order valence-electron chi connectivity index (χ4n) is 2.57. The van der Waals surface area contributed by atoms with Crippen LogP contribution in [0.25, 0.3) is 0 Å². The molecule has 1 N–H and O–H groups in total. The minimum Gasteiger partial charge on any atom is -0.497 e. The maximum atomic E-state index is 11.3. The van der Waals surface area contributed by atoms with Crippen molar-refractivity contribution in [2.24, 2.45) is 0 Å². The molecule has 0 radical (unpaired) electrons.